The molecule has 1 amide bonds. The summed E-state index contributed by atoms with van der Waals surface area (Å²) >= 11 is 1.39. The Kier molecular flexibility index (Phi) is 6.65. The summed E-state index contributed by atoms with van der Waals surface area (Å²) in [6.07, 6.45) is 2.31. The van der Waals surface area contributed by atoms with E-state index in [0.717, 1.165) is 21.9 Å². The Bertz CT molecular complexity index is 1500. The van der Waals surface area contributed by atoms with Crippen molar-refractivity contribution < 1.29 is 13.2 Å². The van der Waals surface area contributed by atoms with Gasteiger partial charge in [0.2, 0.25) is 15.9 Å². The number of aryl methyl sites for hydroxylation is 1. The molecule has 2 heterocycles. The third kappa shape index (κ3) is 4.65. The lowest BCUT2D eigenvalue weighted by Gasteiger charge is -2.12. The van der Waals surface area contributed by atoms with Crippen molar-refractivity contribution >= 4 is 43.2 Å². The molecular formula is C24H24N4O4S2. The predicted octanol–water partition coefficient (Wildman–Crippen LogP) is 3.58. The molecule has 176 valence electrons. The van der Waals surface area contributed by atoms with Gasteiger partial charge in [0.05, 0.1) is 16.6 Å². The number of aromatic nitrogens is 2. The van der Waals surface area contributed by atoms with E-state index in [0.29, 0.717) is 15.9 Å². The molecule has 2 aromatic carbocycles. The first-order valence-electron chi connectivity index (χ1n) is 10.6. The zero-order chi connectivity index (χ0) is 24.5. The molecule has 0 unspecified atom stereocenters. The van der Waals surface area contributed by atoms with Gasteiger partial charge in [-0.05, 0) is 41.8 Å². The van der Waals surface area contributed by atoms with Gasteiger partial charge in [-0.3, -0.25) is 14.2 Å². The molecule has 0 aliphatic rings. The van der Waals surface area contributed by atoms with Crippen LogP contribution in [0.4, 0.5) is 5.69 Å². The number of sulfonamides is 1. The summed E-state index contributed by atoms with van der Waals surface area (Å²) < 4.78 is 26.8. The van der Waals surface area contributed by atoms with Crippen molar-refractivity contribution in [2.45, 2.75) is 24.8 Å². The Morgan fingerprint density at radius 3 is 2.38 bits per heavy atom. The van der Waals surface area contributed by atoms with Gasteiger partial charge in [-0.15, -0.1) is 11.3 Å². The van der Waals surface area contributed by atoms with Gasteiger partial charge in [-0.2, -0.15) is 0 Å². The third-order valence-corrected chi connectivity index (χ3v) is 8.18. The van der Waals surface area contributed by atoms with Crippen molar-refractivity contribution in [1.29, 1.82) is 0 Å². The van der Waals surface area contributed by atoms with Crippen molar-refractivity contribution in [3.63, 3.8) is 0 Å². The van der Waals surface area contributed by atoms with Crippen molar-refractivity contribution in [3.8, 4) is 11.1 Å². The maximum Gasteiger partial charge on any atom is 0.263 e. The molecule has 0 aliphatic heterocycles. The van der Waals surface area contributed by atoms with Crippen LogP contribution in [0.5, 0.6) is 0 Å². The summed E-state index contributed by atoms with van der Waals surface area (Å²) in [6.45, 7) is 1.87. The molecule has 0 fully saturated rings. The summed E-state index contributed by atoms with van der Waals surface area (Å²) in [5.74, 6) is -0.421. The highest BCUT2D eigenvalue weighted by Gasteiger charge is 2.18. The van der Waals surface area contributed by atoms with E-state index in [-0.39, 0.29) is 17.0 Å². The molecule has 0 radical (unpaired) electrons. The summed E-state index contributed by atoms with van der Waals surface area (Å²) in [5.41, 5.74) is 3.08. The molecule has 4 rings (SSSR count). The standard InChI is InChI=1S/C24H24N4O4S2/c1-4-16-5-7-17(8-6-16)20-14-33-23-22(20)24(30)28(15-25-23)13-21(29)26-18-9-11-19(12-10-18)34(31,32)27(2)3/h5-12,14-15H,4,13H2,1-3H3,(H,26,29). The fourth-order valence-corrected chi connectivity index (χ4v) is 5.30. The number of carbonyl (C=O) groups is 1. The Hall–Kier alpha value is -3.34. The molecule has 0 bridgehead atoms. The molecular weight excluding hydrogens is 472 g/mol. The predicted molar refractivity (Wildman–Crippen MR) is 135 cm³/mol. The summed E-state index contributed by atoms with van der Waals surface area (Å²) in [6, 6.07) is 13.9. The topological polar surface area (TPSA) is 101 Å². The minimum atomic E-state index is -3.55. The average Bonchev–Trinajstić information content (AvgIpc) is 3.26. The van der Waals surface area contributed by atoms with E-state index in [1.807, 2.05) is 29.6 Å². The van der Waals surface area contributed by atoms with Gasteiger partial charge in [-0.1, -0.05) is 31.2 Å². The largest absolute Gasteiger partial charge is 0.325 e. The summed E-state index contributed by atoms with van der Waals surface area (Å²) in [5, 5.41) is 5.09. The van der Waals surface area contributed by atoms with E-state index in [1.54, 1.807) is 0 Å². The molecule has 0 atom stereocenters. The van der Waals surface area contributed by atoms with Gasteiger partial charge in [0, 0.05) is 30.7 Å². The van der Waals surface area contributed by atoms with Gasteiger partial charge < -0.3 is 5.32 Å². The number of carbonyl (C=O) groups excluding carboxylic acids is 1. The molecule has 0 saturated carbocycles. The van der Waals surface area contributed by atoms with Crippen LogP contribution in [0.15, 0.2) is 69.9 Å². The molecule has 0 aliphatic carbocycles. The van der Waals surface area contributed by atoms with E-state index in [9.17, 15) is 18.0 Å². The number of rotatable bonds is 7. The molecule has 34 heavy (non-hydrogen) atoms. The van der Waals surface area contributed by atoms with E-state index in [4.69, 9.17) is 0 Å². The minimum absolute atomic E-state index is 0.123. The zero-order valence-electron chi connectivity index (χ0n) is 19.0. The normalized spacial score (nSPS) is 11.8. The van der Waals surface area contributed by atoms with E-state index < -0.39 is 15.9 Å². The first kappa shape index (κ1) is 23.8. The number of nitrogens with zero attached hydrogens (tertiary/aromatic N) is 3. The second kappa shape index (κ2) is 9.49. The smallest absolute Gasteiger partial charge is 0.263 e. The molecule has 8 nitrogen and oxygen atoms in total. The molecule has 2 aromatic heterocycles. The maximum atomic E-state index is 13.2. The first-order chi connectivity index (χ1) is 16.2. The van der Waals surface area contributed by atoms with Crippen molar-refractivity contribution in [1.82, 2.24) is 13.9 Å². The van der Waals surface area contributed by atoms with Gasteiger partial charge in [0.25, 0.3) is 5.56 Å². The Labute approximate surface area is 201 Å². The highest BCUT2D eigenvalue weighted by Crippen LogP contribution is 2.30. The lowest BCUT2D eigenvalue weighted by atomic mass is 10.0. The van der Waals surface area contributed by atoms with E-state index in [1.165, 1.54) is 66.2 Å². The lowest BCUT2D eigenvalue weighted by Crippen LogP contribution is -2.27. The molecule has 4 aromatic rings. The van der Waals surface area contributed by atoms with Crippen LogP contribution in [0.1, 0.15) is 12.5 Å². The number of hydrogen-bond acceptors (Lipinski definition) is 6. The van der Waals surface area contributed by atoms with Crippen molar-refractivity contribution in [2.24, 2.45) is 0 Å². The fourth-order valence-electron chi connectivity index (χ4n) is 3.49. The second-order valence-electron chi connectivity index (χ2n) is 7.92. The van der Waals surface area contributed by atoms with E-state index >= 15 is 0 Å². The van der Waals surface area contributed by atoms with Crippen LogP contribution in [0.2, 0.25) is 0 Å². The Balaban J connectivity index is 1.56. The number of fused-ring (bicyclic) bond motifs is 1. The monoisotopic (exact) mass is 496 g/mol. The summed E-state index contributed by atoms with van der Waals surface area (Å²) in [4.78, 5) is 30.9. The number of benzene rings is 2. The Morgan fingerprint density at radius 2 is 1.76 bits per heavy atom. The molecule has 1 N–H and O–H groups in total. The number of nitrogens with one attached hydrogen (secondary N) is 1. The van der Waals surface area contributed by atoms with Crippen LogP contribution in [0, 0.1) is 0 Å². The van der Waals surface area contributed by atoms with Crippen LogP contribution in [-0.4, -0.2) is 42.3 Å². The fraction of sp³-hybridized carbons (Fsp3) is 0.208. The average molecular weight is 497 g/mol. The maximum absolute atomic E-state index is 13.2. The van der Waals surface area contributed by atoms with E-state index in [2.05, 4.69) is 17.2 Å². The van der Waals surface area contributed by atoms with Crippen LogP contribution in [-0.2, 0) is 27.8 Å². The van der Waals surface area contributed by atoms with Crippen molar-refractivity contribution in [3.05, 3.63) is 76.2 Å². The Morgan fingerprint density at radius 1 is 1.09 bits per heavy atom. The molecule has 10 heteroatoms. The number of thiophene rings is 1. The van der Waals surface area contributed by atoms with Gasteiger partial charge in [0.1, 0.15) is 11.4 Å². The SMILES string of the molecule is CCc1ccc(-c2csc3ncn(CC(=O)Nc4ccc(S(=O)(=O)N(C)C)cc4)c(=O)c23)cc1. The van der Waals surface area contributed by atoms with Gasteiger partial charge >= 0.3 is 0 Å². The molecule has 0 saturated heterocycles. The highest BCUT2D eigenvalue weighted by atomic mass is 32.2. The van der Waals surface area contributed by atoms with Crippen LogP contribution >= 0.6 is 11.3 Å². The third-order valence-electron chi connectivity index (χ3n) is 5.46. The molecule has 0 spiro atoms. The number of amides is 1. The van der Waals surface area contributed by atoms with Crippen LogP contribution < -0.4 is 10.9 Å². The van der Waals surface area contributed by atoms with Gasteiger partial charge in [0.15, 0.2) is 0 Å². The quantitative estimate of drug-likeness (QED) is 0.421. The second-order valence-corrected chi connectivity index (χ2v) is 10.9. The number of anilines is 1. The highest BCUT2D eigenvalue weighted by molar-refractivity contribution is 7.89. The minimum Gasteiger partial charge on any atom is -0.325 e. The summed E-state index contributed by atoms with van der Waals surface area (Å²) in [7, 11) is -0.652. The van der Waals surface area contributed by atoms with Gasteiger partial charge in [-0.25, -0.2) is 17.7 Å². The lowest BCUT2D eigenvalue weighted by molar-refractivity contribution is -0.116. The van der Waals surface area contributed by atoms with Crippen molar-refractivity contribution in [2.75, 3.05) is 19.4 Å². The first-order valence-corrected chi connectivity index (χ1v) is 12.9. The van der Waals surface area contributed by atoms with Crippen LogP contribution in [0.25, 0.3) is 21.3 Å². The van der Waals surface area contributed by atoms with Crippen LogP contribution in [0.3, 0.4) is 0 Å². The number of hydrogen-bond donors (Lipinski definition) is 1. The zero-order valence-corrected chi connectivity index (χ0v) is 20.6.